The van der Waals surface area contributed by atoms with Gasteiger partial charge in [-0.05, 0) is 43.8 Å². The quantitative estimate of drug-likeness (QED) is 0.435. The number of aliphatic hydroxyl groups is 1. The SMILES string of the molecule is CN(CCc1ccccn1)CC1(O)CCN(C(=O)c2cnc(N)c(OCc3c(Cl)cccc3Cl)c2)C1. The fraction of sp³-hybridized carbons (Fsp3) is 0.346. The van der Waals surface area contributed by atoms with E-state index in [-0.39, 0.29) is 30.6 Å². The summed E-state index contributed by atoms with van der Waals surface area (Å²) in [4.78, 5) is 25.4. The number of rotatable bonds is 9. The monoisotopic (exact) mass is 529 g/mol. The van der Waals surface area contributed by atoms with Crippen LogP contribution in [0.4, 0.5) is 5.82 Å². The molecule has 0 aliphatic carbocycles. The van der Waals surface area contributed by atoms with Gasteiger partial charge in [0.25, 0.3) is 5.91 Å². The minimum Gasteiger partial charge on any atom is -0.485 e. The predicted octanol–water partition coefficient (Wildman–Crippen LogP) is 3.70. The van der Waals surface area contributed by atoms with E-state index in [0.29, 0.717) is 40.7 Å². The average molecular weight is 530 g/mol. The molecule has 1 amide bonds. The van der Waals surface area contributed by atoms with Gasteiger partial charge in [-0.1, -0.05) is 35.3 Å². The summed E-state index contributed by atoms with van der Waals surface area (Å²) in [6.07, 6.45) is 4.47. The van der Waals surface area contributed by atoms with Gasteiger partial charge in [-0.15, -0.1) is 0 Å². The van der Waals surface area contributed by atoms with E-state index in [4.69, 9.17) is 33.7 Å². The Balaban J connectivity index is 1.36. The van der Waals surface area contributed by atoms with Crippen LogP contribution in [0.5, 0.6) is 5.75 Å². The molecule has 1 atom stereocenters. The van der Waals surface area contributed by atoms with Gasteiger partial charge in [0.1, 0.15) is 6.61 Å². The molecule has 190 valence electrons. The number of likely N-dealkylation sites (N-methyl/N-ethyl adjacent to an activating group) is 1. The third kappa shape index (κ3) is 6.44. The van der Waals surface area contributed by atoms with E-state index in [1.807, 2.05) is 25.2 Å². The highest BCUT2D eigenvalue weighted by Crippen LogP contribution is 2.29. The number of carbonyl (C=O) groups is 1. The van der Waals surface area contributed by atoms with Crippen molar-refractivity contribution < 1.29 is 14.6 Å². The van der Waals surface area contributed by atoms with E-state index in [1.54, 1.807) is 35.4 Å². The topological polar surface area (TPSA) is 105 Å². The normalized spacial score (nSPS) is 17.5. The third-order valence-corrected chi connectivity index (χ3v) is 6.93. The zero-order chi connectivity index (χ0) is 25.7. The Morgan fingerprint density at radius 2 is 2.00 bits per heavy atom. The van der Waals surface area contributed by atoms with Crippen molar-refractivity contribution >= 4 is 34.9 Å². The summed E-state index contributed by atoms with van der Waals surface area (Å²) in [5, 5.41) is 12.1. The van der Waals surface area contributed by atoms with E-state index >= 15 is 0 Å². The number of anilines is 1. The van der Waals surface area contributed by atoms with Crippen molar-refractivity contribution in [2.75, 3.05) is 39.0 Å². The number of aromatic nitrogens is 2. The van der Waals surface area contributed by atoms with Crippen LogP contribution in [0, 0.1) is 0 Å². The van der Waals surface area contributed by atoms with E-state index in [9.17, 15) is 9.90 Å². The maximum Gasteiger partial charge on any atom is 0.255 e. The Hall–Kier alpha value is -2.91. The maximum atomic E-state index is 13.2. The second-order valence-electron chi connectivity index (χ2n) is 9.11. The van der Waals surface area contributed by atoms with E-state index in [0.717, 1.165) is 18.7 Å². The number of pyridine rings is 2. The molecule has 3 N–H and O–H groups in total. The van der Waals surface area contributed by atoms with Crippen LogP contribution in [0.2, 0.25) is 10.0 Å². The molecule has 2 aromatic heterocycles. The van der Waals surface area contributed by atoms with Crippen molar-refractivity contribution in [3.8, 4) is 5.75 Å². The molecule has 36 heavy (non-hydrogen) atoms. The van der Waals surface area contributed by atoms with Crippen molar-refractivity contribution in [1.82, 2.24) is 19.8 Å². The van der Waals surface area contributed by atoms with Crippen molar-refractivity contribution in [3.05, 3.63) is 81.7 Å². The van der Waals surface area contributed by atoms with E-state index in [2.05, 4.69) is 14.9 Å². The minimum atomic E-state index is -0.990. The number of β-amino-alcohol motifs (C(OH)–C–C–N with tert-alkyl or cyclic N) is 1. The fourth-order valence-electron chi connectivity index (χ4n) is 4.28. The number of amides is 1. The molecule has 3 aromatic rings. The zero-order valence-corrected chi connectivity index (χ0v) is 21.5. The van der Waals surface area contributed by atoms with Crippen molar-refractivity contribution in [1.29, 1.82) is 0 Å². The van der Waals surface area contributed by atoms with Gasteiger partial charge in [0.05, 0.1) is 17.7 Å². The lowest BCUT2D eigenvalue weighted by Crippen LogP contribution is -2.45. The molecule has 0 bridgehead atoms. The Kier molecular flexibility index (Phi) is 8.31. The largest absolute Gasteiger partial charge is 0.485 e. The number of hydrogen-bond donors (Lipinski definition) is 2. The standard InChI is InChI=1S/C26H29Cl2N5O3/c1-32(11-8-19-5-2-3-10-30-19)16-26(35)9-12-33(17-26)25(34)18-13-23(24(29)31-14-18)36-15-20-21(27)6-4-7-22(20)28/h2-7,10,13-14,35H,8-9,11-12,15-17H2,1H3,(H2,29,31). The molecular weight excluding hydrogens is 501 g/mol. The van der Waals surface area contributed by atoms with Gasteiger partial charge in [0.2, 0.25) is 0 Å². The molecule has 1 aromatic carbocycles. The lowest BCUT2D eigenvalue weighted by molar-refractivity contribution is 0.0183. The van der Waals surface area contributed by atoms with Gasteiger partial charge in [-0.2, -0.15) is 0 Å². The molecule has 10 heteroatoms. The summed E-state index contributed by atoms with van der Waals surface area (Å²) in [6, 6.07) is 12.6. The second kappa shape index (κ2) is 11.4. The highest BCUT2D eigenvalue weighted by atomic mass is 35.5. The zero-order valence-electron chi connectivity index (χ0n) is 20.0. The number of halogens is 2. The second-order valence-corrected chi connectivity index (χ2v) is 9.92. The molecule has 1 saturated heterocycles. The molecular formula is C26H29Cl2N5O3. The smallest absolute Gasteiger partial charge is 0.255 e. The highest BCUT2D eigenvalue weighted by Gasteiger charge is 2.39. The van der Waals surface area contributed by atoms with Crippen LogP contribution in [0.1, 0.15) is 28.0 Å². The van der Waals surface area contributed by atoms with Crippen LogP contribution in [0.25, 0.3) is 0 Å². The Bertz CT molecular complexity index is 1190. The van der Waals surface area contributed by atoms with Crippen molar-refractivity contribution in [2.45, 2.75) is 25.0 Å². The van der Waals surface area contributed by atoms with Crippen LogP contribution in [0.3, 0.4) is 0 Å². The van der Waals surface area contributed by atoms with Crippen LogP contribution >= 0.6 is 23.2 Å². The first-order chi connectivity index (χ1) is 17.2. The molecule has 3 heterocycles. The first-order valence-electron chi connectivity index (χ1n) is 11.7. The van der Waals surface area contributed by atoms with E-state index in [1.165, 1.54) is 6.20 Å². The highest BCUT2D eigenvalue weighted by molar-refractivity contribution is 6.35. The number of carbonyl (C=O) groups excluding carboxylic acids is 1. The molecule has 0 saturated carbocycles. The van der Waals surface area contributed by atoms with Gasteiger partial charge in [-0.25, -0.2) is 4.98 Å². The summed E-state index contributed by atoms with van der Waals surface area (Å²) >= 11 is 12.4. The average Bonchev–Trinajstić information content (AvgIpc) is 3.25. The molecule has 0 radical (unpaired) electrons. The molecule has 1 aliphatic rings. The van der Waals surface area contributed by atoms with Gasteiger partial charge in [0, 0.05) is 59.8 Å². The van der Waals surface area contributed by atoms with Crippen LogP contribution in [-0.2, 0) is 13.0 Å². The lowest BCUT2D eigenvalue weighted by Gasteiger charge is -2.29. The lowest BCUT2D eigenvalue weighted by atomic mass is 10.0. The van der Waals surface area contributed by atoms with E-state index < -0.39 is 5.60 Å². The summed E-state index contributed by atoms with van der Waals surface area (Å²) in [5.41, 5.74) is 6.94. The number of ether oxygens (including phenoxy) is 1. The number of likely N-dealkylation sites (tertiary alicyclic amines) is 1. The first-order valence-corrected chi connectivity index (χ1v) is 12.4. The number of nitrogen functional groups attached to an aromatic ring is 1. The summed E-state index contributed by atoms with van der Waals surface area (Å²) in [5.74, 6) is 0.179. The first kappa shape index (κ1) is 26.2. The number of nitrogens with zero attached hydrogens (tertiary/aromatic N) is 4. The van der Waals surface area contributed by atoms with Crippen LogP contribution < -0.4 is 10.5 Å². The Labute approximate surface area is 220 Å². The number of benzene rings is 1. The molecule has 1 aliphatic heterocycles. The summed E-state index contributed by atoms with van der Waals surface area (Å²) in [6.45, 7) is 1.97. The summed E-state index contributed by atoms with van der Waals surface area (Å²) < 4.78 is 5.81. The number of hydrogen-bond acceptors (Lipinski definition) is 7. The van der Waals surface area contributed by atoms with Crippen molar-refractivity contribution in [2.24, 2.45) is 0 Å². The molecule has 1 fully saturated rings. The van der Waals surface area contributed by atoms with Crippen molar-refractivity contribution in [3.63, 3.8) is 0 Å². The Morgan fingerprint density at radius 1 is 1.22 bits per heavy atom. The van der Waals surface area contributed by atoms with Gasteiger partial charge in [-0.3, -0.25) is 9.78 Å². The Morgan fingerprint density at radius 3 is 2.72 bits per heavy atom. The minimum absolute atomic E-state index is 0.0797. The molecule has 8 nitrogen and oxygen atoms in total. The predicted molar refractivity (Wildman–Crippen MR) is 140 cm³/mol. The van der Waals surface area contributed by atoms with Gasteiger partial charge < -0.3 is 25.4 Å². The van der Waals surface area contributed by atoms with Crippen LogP contribution in [0.15, 0.2) is 54.9 Å². The van der Waals surface area contributed by atoms with Gasteiger partial charge in [0.15, 0.2) is 11.6 Å². The number of nitrogens with two attached hydrogens (primary N) is 1. The fourth-order valence-corrected chi connectivity index (χ4v) is 4.79. The molecule has 0 spiro atoms. The molecule has 4 rings (SSSR count). The molecule has 1 unspecified atom stereocenters. The summed E-state index contributed by atoms with van der Waals surface area (Å²) in [7, 11) is 1.96. The maximum absolute atomic E-state index is 13.2. The van der Waals surface area contributed by atoms with Gasteiger partial charge >= 0.3 is 0 Å². The third-order valence-electron chi connectivity index (χ3n) is 6.22. The van der Waals surface area contributed by atoms with Crippen LogP contribution in [-0.4, -0.2) is 69.6 Å².